The van der Waals surface area contributed by atoms with Gasteiger partial charge in [-0.1, -0.05) is 29.3 Å². The molecule has 2 nitrogen and oxygen atoms in total. The third-order valence-electron chi connectivity index (χ3n) is 3.03. The van der Waals surface area contributed by atoms with Crippen LogP contribution in [0.5, 0.6) is 0 Å². The quantitative estimate of drug-likeness (QED) is 0.639. The first-order valence-electron chi connectivity index (χ1n) is 6.01. The smallest absolute Gasteiger partial charge is 0.155 e. The van der Waals surface area contributed by atoms with Gasteiger partial charge in [0.2, 0.25) is 0 Å². The lowest BCUT2D eigenvalue weighted by atomic mass is 10.1. The van der Waals surface area contributed by atoms with Gasteiger partial charge in [0.05, 0.1) is 11.3 Å². The molecule has 1 heterocycles. The van der Waals surface area contributed by atoms with Crippen molar-refractivity contribution < 1.29 is 8.78 Å². The Morgan fingerprint density at radius 3 is 2.14 bits per heavy atom. The molecule has 0 aliphatic carbocycles. The predicted octanol–water partition coefficient (Wildman–Crippen LogP) is 5.12. The third-order valence-corrected chi connectivity index (χ3v) is 3.56. The fourth-order valence-electron chi connectivity index (χ4n) is 2.07. The first-order valence-corrected chi connectivity index (χ1v) is 6.76. The Labute approximate surface area is 129 Å². The number of benzene rings is 2. The summed E-state index contributed by atoms with van der Waals surface area (Å²) in [5.74, 6) is -1.40. The molecule has 0 saturated heterocycles. The molecule has 1 aromatic heterocycles. The zero-order valence-electron chi connectivity index (χ0n) is 10.5. The minimum Gasteiger partial charge on any atom is -0.297 e. The van der Waals surface area contributed by atoms with Crippen LogP contribution in [0, 0.1) is 11.6 Å². The van der Waals surface area contributed by atoms with Crippen LogP contribution in [0.2, 0.25) is 10.2 Å². The topological polar surface area (TPSA) is 17.8 Å². The molecule has 0 atom stereocenters. The van der Waals surface area contributed by atoms with Gasteiger partial charge in [0.15, 0.2) is 5.15 Å². The van der Waals surface area contributed by atoms with Crippen molar-refractivity contribution in [2.75, 3.05) is 0 Å². The first kappa shape index (κ1) is 14.0. The van der Waals surface area contributed by atoms with E-state index >= 15 is 0 Å². The zero-order chi connectivity index (χ0) is 15.0. The molecule has 0 aliphatic rings. The second-order valence-electron chi connectivity index (χ2n) is 4.33. The number of aromatic nitrogens is 2. The second-order valence-corrected chi connectivity index (χ2v) is 5.12. The molecule has 0 N–H and O–H groups in total. The Bertz CT molecular complexity index is 778. The molecule has 0 spiro atoms. The Hall–Kier alpha value is -1.91. The molecule has 0 radical (unpaired) electrons. The molecular formula is C15H8Cl2F2N2. The maximum atomic E-state index is 14.0. The van der Waals surface area contributed by atoms with Gasteiger partial charge >= 0.3 is 0 Å². The number of nitrogens with zero attached hydrogens (tertiary/aromatic N) is 2. The van der Waals surface area contributed by atoms with E-state index in [0.29, 0.717) is 10.7 Å². The van der Waals surface area contributed by atoms with Crippen LogP contribution in [0.4, 0.5) is 8.78 Å². The molecule has 3 aromatic rings. The molecule has 2 aromatic carbocycles. The van der Waals surface area contributed by atoms with Crippen LogP contribution < -0.4 is 0 Å². The Kier molecular flexibility index (Phi) is 3.66. The van der Waals surface area contributed by atoms with E-state index in [4.69, 9.17) is 23.2 Å². The molecule has 106 valence electrons. The number of imidazole rings is 1. The fraction of sp³-hybridized carbons (Fsp3) is 0. The lowest BCUT2D eigenvalue weighted by Gasteiger charge is -2.10. The van der Waals surface area contributed by atoms with Crippen molar-refractivity contribution >= 4 is 23.2 Å². The summed E-state index contributed by atoms with van der Waals surface area (Å²) in [6.45, 7) is 0. The molecule has 6 heteroatoms. The number of hydrogen-bond acceptors (Lipinski definition) is 1. The maximum absolute atomic E-state index is 14.0. The monoisotopic (exact) mass is 324 g/mol. The molecule has 0 bridgehead atoms. The van der Waals surface area contributed by atoms with Crippen LogP contribution in [-0.4, -0.2) is 9.55 Å². The highest BCUT2D eigenvalue weighted by Gasteiger charge is 2.20. The normalized spacial score (nSPS) is 10.9. The summed E-state index contributed by atoms with van der Waals surface area (Å²) in [4.78, 5) is 3.94. The highest BCUT2D eigenvalue weighted by Crippen LogP contribution is 2.33. The minimum absolute atomic E-state index is 0.0222. The third kappa shape index (κ3) is 2.52. The Morgan fingerprint density at radius 1 is 0.905 bits per heavy atom. The minimum atomic E-state index is -0.701. The molecule has 0 saturated carbocycles. The average Bonchev–Trinajstić information content (AvgIpc) is 2.82. The summed E-state index contributed by atoms with van der Waals surface area (Å²) in [5.41, 5.74) is 0.598. The van der Waals surface area contributed by atoms with Crippen molar-refractivity contribution in [3.63, 3.8) is 0 Å². The van der Waals surface area contributed by atoms with Crippen LogP contribution in [-0.2, 0) is 0 Å². The largest absolute Gasteiger partial charge is 0.297 e. The molecule has 0 aliphatic heterocycles. The second kappa shape index (κ2) is 5.47. The van der Waals surface area contributed by atoms with E-state index in [1.54, 1.807) is 24.3 Å². The van der Waals surface area contributed by atoms with E-state index in [1.807, 2.05) is 0 Å². The lowest BCUT2D eigenvalue weighted by Crippen LogP contribution is -1.99. The summed E-state index contributed by atoms with van der Waals surface area (Å²) in [6.07, 6.45) is 1.41. The highest BCUT2D eigenvalue weighted by atomic mass is 35.5. The van der Waals surface area contributed by atoms with Crippen LogP contribution in [0.15, 0.2) is 48.8 Å². The summed E-state index contributed by atoms with van der Waals surface area (Å²) >= 11 is 11.9. The van der Waals surface area contributed by atoms with Crippen LogP contribution in [0.3, 0.4) is 0 Å². The van der Waals surface area contributed by atoms with Crippen molar-refractivity contribution in [1.82, 2.24) is 9.55 Å². The van der Waals surface area contributed by atoms with E-state index in [-0.39, 0.29) is 16.4 Å². The lowest BCUT2D eigenvalue weighted by molar-refractivity contribution is 0.588. The van der Waals surface area contributed by atoms with Gasteiger partial charge < -0.3 is 0 Å². The Balaban J connectivity index is 2.25. The molecule has 3 rings (SSSR count). The van der Waals surface area contributed by atoms with Gasteiger partial charge in [0.25, 0.3) is 0 Å². The standard InChI is InChI=1S/C15H8Cl2F2N2/c16-9-4-6-10(7-5-9)21-8-20-15(17)14(21)13-11(18)2-1-3-12(13)19/h1-8H. The zero-order valence-corrected chi connectivity index (χ0v) is 12.0. The van der Waals surface area contributed by atoms with Gasteiger partial charge in [-0.25, -0.2) is 13.8 Å². The molecular weight excluding hydrogens is 317 g/mol. The molecule has 0 fully saturated rings. The van der Waals surface area contributed by atoms with Gasteiger partial charge in [0, 0.05) is 10.7 Å². The van der Waals surface area contributed by atoms with E-state index in [0.717, 1.165) is 0 Å². The van der Waals surface area contributed by atoms with Crippen molar-refractivity contribution in [2.24, 2.45) is 0 Å². The maximum Gasteiger partial charge on any atom is 0.155 e. The van der Waals surface area contributed by atoms with Crippen LogP contribution in [0.25, 0.3) is 16.9 Å². The van der Waals surface area contributed by atoms with Gasteiger partial charge in [-0.2, -0.15) is 0 Å². The first-order chi connectivity index (χ1) is 10.1. The summed E-state index contributed by atoms with van der Waals surface area (Å²) in [5, 5.41) is 0.581. The van der Waals surface area contributed by atoms with E-state index in [9.17, 15) is 8.78 Å². The summed E-state index contributed by atoms with van der Waals surface area (Å²) in [7, 11) is 0. The van der Waals surface area contributed by atoms with E-state index in [2.05, 4.69) is 4.98 Å². The van der Waals surface area contributed by atoms with Crippen molar-refractivity contribution in [3.05, 3.63) is 70.6 Å². The van der Waals surface area contributed by atoms with Gasteiger partial charge in [0.1, 0.15) is 18.0 Å². The highest BCUT2D eigenvalue weighted by molar-refractivity contribution is 6.32. The number of halogens is 4. The van der Waals surface area contributed by atoms with E-state index < -0.39 is 11.6 Å². The molecule has 21 heavy (non-hydrogen) atoms. The van der Waals surface area contributed by atoms with Gasteiger partial charge in [-0.05, 0) is 36.4 Å². The summed E-state index contributed by atoms with van der Waals surface area (Å²) in [6, 6.07) is 10.4. The number of rotatable bonds is 2. The summed E-state index contributed by atoms with van der Waals surface area (Å²) < 4.78 is 29.5. The number of hydrogen-bond donors (Lipinski definition) is 0. The van der Waals surface area contributed by atoms with Gasteiger partial charge in [-0.3, -0.25) is 4.57 Å². The fourth-order valence-corrected chi connectivity index (χ4v) is 2.43. The van der Waals surface area contributed by atoms with Gasteiger partial charge in [-0.15, -0.1) is 0 Å². The average molecular weight is 325 g/mol. The van der Waals surface area contributed by atoms with Crippen molar-refractivity contribution in [2.45, 2.75) is 0 Å². The van der Waals surface area contributed by atoms with Crippen LogP contribution >= 0.6 is 23.2 Å². The SMILES string of the molecule is Fc1cccc(F)c1-c1c(Cl)ncn1-c1ccc(Cl)cc1. The van der Waals surface area contributed by atoms with Crippen molar-refractivity contribution in [1.29, 1.82) is 0 Å². The van der Waals surface area contributed by atoms with Crippen molar-refractivity contribution in [3.8, 4) is 16.9 Å². The van der Waals surface area contributed by atoms with E-state index in [1.165, 1.54) is 29.1 Å². The van der Waals surface area contributed by atoms with Crippen LogP contribution in [0.1, 0.15) is 0 Å². The predicted molar refractivity (Wildman–Crippen MR) is 78.9 cm³/mol. The molecule has 0 amide bonds. The molecule has 0 unspecified atom stereocenters. The Morgan fingerprint density at radius 2 is 1.52 bits per heavy atom.